The summed E-state index contributed by atoms with van der Waals surface area (Å²) in [6.45, 7) is 2.02. The van der Waals surface area contributed by atoms with E-state index in [1.165, 1.54) is 25.2 Å². The molecule has 1 aromatic carbocycles. The molecule has 6 nitrogen and oxygen atoms in total. The molecule has 0 spiro atoms. The summed E-state index contributed by atoms with van der Waals surface area (Å²) in [4.78, 5) is 22.2. The molecule has 2 N–H and O–H groups in total. The van der Waals surface area contributed by atoms with Gasteiger partial charge in [-0.25, -0.2) is 0 Å². The molecule has 0 aromatic heterocycles. The number of anilines is 1. The van der Waals surface area contributed by atoms with Crippen LogP contribution in [0.5, 0.6) is 0 Å². The first-order valence-electron chi connectivity index (χ1n) is 6.29. The van der Waals surface area contributed by atoms with Crippen LogP contribution in [0.15, 0.2) is 18.2 Å². The average molecular weight is 297 g/mol. The first kappa shape index (κ1) is 16.3. The number of nitro benzene ring substituents is 1. The van der Waals surface area contributed by atoms with Gasteiger partial charge in [-0.3, -0.25) is 14.9 Å². The number of benzene rings is 1. The fourth-order valence-electron chi connectivity index (χ4n) is 1.78. The topological polar surface area (TPSA) is 84.3 Å². The van der Waals surface area contributed by atoms with Crippen molar-refractivity contribution in [2.24, 2.45) is 0 Å². The number of thioether (sulfide) groups is 1. The van der Waals surface area contributed by atoms with Gasteiger partial charge in [-0.2, -0.15) is 11.8 Å². The molecule has 7 heteroatoms. The van der Waals surface area contributed by atoms with Crippen LogP contribution < -0.4 is 10.6 Å². The molecule has 110 valence electrons. The van der Waals surface area contributed by atoms with E-state index in [0.29, 0.717) is 11.3 Å². The number of nitrogens with one attached hydrogen (secondary N) is 2. The Morgan fingerprint density at radius 2 is 2.20 bits per heavy atom. The Kier molecular flexibility index (Phi) is 6.30. The number of carbonyl (C=O) groups is 1. The molecule has 0 heterocycles. The Hall–Kier alpha value is -1.76. The van der Waals surface area contributed by atoms with Crippen molar-refractivity contribution in [3.05, 3.63) is 33.9 Å². The highest BCUT2D eigenvalue weighted by atomic mass is 32.2. The van der Waals surface area contributed by atoms with Gasteiger partial charge in [0.15, 0.2) is 0 Å². The fraction of sp³-hybridized carbons (Fsp3) is 0.462. The maximum atomic E-state index is 11.6. The Labute approximate surface area is 122 Å². The average Bonchev–Trinajstić information content (AvgIpc) is 2.45. The second-order valence-corrected chi connectivity index (χ2v) is 5.18. The highest BCUT2D eigenvalue weighted by molar-refractivity contribution is 7.98. The van der Waals surface area contributed by atoms with Crippen LogP contribution in [0.25, 0.3) is 0 Å². The highest BCUT2D eigenvalue weighted by Crippen LogP contribution is 2.27. The van der Waals surface area contributed by atoms with Crippen molar-refractivity contribution in [1.29, 1.82) is 0 Å². The van der Waals surface area contributed by atoms with E-state index in [9.17, 15) is 14.9 Å². The minimum Gasteiger partial charge on any atom is -0.376 e. The van der Waals surface area contributed by atoms with Crippen LogP contribution in [0.1, 0.15) is 23.7 Å². The third kappa shape index (κ3) is 4.12. The molecule has 0 radical (unpaired) electrons. The largest absolute Gasteiger partial charge is 0.376 e. The summed E-state index contributed by atoms with van der Waals surface area (Å²) >= 11 is 1.67. The van der Waals surface area contributed by atoms with Gasteiger partial charge in [0.05, 0.1) is 4.92 Å². The molecular weight excluding hydrogens is 278 g/mol. The van der Waals surface area contributed by atoms with Crippen LogP contribution in [0.4, 0.5) is 11.4 Å². The number of hydrogen-bond donors (Lipinski definition) is 2. The van der Waals surface area contributed by atoms with E-state index < -0.39 is 4.92 Å². The molecule has 1 aromatic rings. The van der Waals surface area contributed by atoms with Gasteiger partial charge in [0.25, 0.3) is 11.6 Å². The van der Waals surface area contributed by atoms with Crippen molar-refractivity contribution in [1.82, 2.24) is 5.32 Å². The molecule has 0 aliphatic heterocycles. The molecule has 0 bridgehead atoms. The van der Waals surface area contributed by atoms with E-state index in [-0.39, 0.29) is 17.6 Å². The molecule has 1 atom stereocenters. The molecule has 1 unspecified atom stereocenters. The summed E-state index contributed by atoms with van der Waals surface area (Å²) in [5.74, 6) is 0.582. The summed E-state index contributed by atoms with van der Waals surface area (Å²) in [5.41, 5.74) is 0.772. The molecule has 0 saturated carbocycles. The number of carbonyl (C=O) groups excluding carboxylic acids is 1. The van der Waals surface area contributed by atoms with Gasteiger partial charge < -0.3 is 10.6 Å². The minimum atomic E-state index is -0.443. The SMILES string of the molecule is CCC(CSC)Nc1cc(C(=O)NC)ccc1[N+](=O)[O-]. The highest BCUT2D eigenvalue weighted by Gasteiger charge is 2.18. The van der Waals surface area contributed by atoms with E-state index in [1.807, 2.05) is 13.2 Å². The third-order valence-corrected chi connectivity index (χ3v) is 3.64. The lowest BCUT2D eigenvalue weighted by molar-refractivity contribution is -0.384. The van der Waals surface area contributed by atoms with Crippen molar-refractivity contribution in [3.63, 3.8) is 0 Å². The van der Waals surface area contributed by atoms with Gasteiger partial charge in [-0.1, -0.05) is 6.92 Å². The number of nitrogens with zero attached hydrogens (tertiary/aromatic N) is 1. The second kappa shape index (κ2) is 7.74. The van der Waals surface area contributed by atoms with E-state index in [2.05, 4.69) is 10.6 Å². The van der Waals surface area contributed by atoms with Crippen molar-refractivity contribution in [3.8, 4) is 0 Å². The zero-order chi connectivity index (χ0) is 15.1. The first-order valence-corrected chi connectivity index (χ1v) is 7.68. The number of hydrogen-bond acceptors (Lipinski definition) is 5. The predicted octanol–water partition coefficient (Wildman–Crippen LogP) is 2.51. The van der Waals surface area contributed by atoms with Crippen molar-refractivity contribution in [2.75, 3.05) is 24.4 Å². The summed E-state index contributed by atoms with van der Waals surface area (Å²) < 4.78 is 0. The van der Waals surface area contributed by atoms with Crippen LogP contribution in [-0.4, -0.2) is 35.9 Å². The predicted molar refractivity (Wildman–Crippen MR) is 82.6 cm³/mol. The molecule has 0 aliphatic carbocycles. The lowest BCUT2D eigenvalue weighted by Crippen LogP contribution is -2.23. The number of nitro groups is 1. The Morgan fingerprint density at radius 1 is 1.50 bits per heavy atom. The van der Waals surface area contributed by atoms with E-state index in [0.717, 1.165) is 12.2 Å². The van der Waals surface area contributed by atoms with Gasteiger partial charge in [0.2, 0.25) is 0 Å². The number of rotatable bonds is 7. The Morgan fingerprint density at radius 3 is 2.70 bits per heavy atom. The molecular formula is C13H19N3O3S. The van der Waals surface area contributed by atoms with Gasteiger partial charge in [-0.15, -0.1) is 0 Å². The van der Waals surface area contributed by atoms with E-state index >= 15 is 0 Å². The molecule has 0 saturated heterocycles. The van der Waals surface area contributed by atoms with E-state index in [4.69, 9.17) is 0 Å². The zero-order valence-electron chi connectivity index (χ0n) is 11.8. The number of amides is 1. The summed E-state index contributed by atoms with van der Waals surface area (Å²) in [6.07, 6.45) is 2.84. The van der Waals surface area contributed by atoms with Crippen LogP contribution >= 0.6 is 11.8 Å². The maximum Gasteiger partial charge on any atom is 0.292 e. The van der Waals surface area contributed by atoms with Crippen LogP contribution in [0.2, 0.25) is 0 Å². The van der Waals surface area contributed by atoms with Gasteiger partial charge in [-0.05, 0) is 24.8 Å². The van der Waals surface area contributed by atoms with Crippen molar-refractivity contribution < 1.29 is 9.72 Å². The smallest absolute Gasteiger partial charge is 0.292 e. The normalized spacial score (nSPS) is 11.8. The molecule has 20 heavy (non-hydrogen) atoms. The van der Waals surface area contributed by atoms with Gasteiger partial charge in [0, 0.05) is 30.5 Å². The lowest BCUT2D eigenvalue weighted by atomic mass is 10.1. The van der Waals surface area contributed by atoms with Crippen LogP contribution in [0, 0.1) is 10.1 Å². The van der Waals surface area contributed by atoms with Gasteiger partial charge >= 0.3 is 0 Å². The molecule has 1 rings (SSSR count). The summed E-state index contributed by atoms with van der Waals surface area (Å²) in [5, 5.41) is 16.7. The van der Waals surface area contributed by atoms with Crippen molar-refractivity contribution >= 4 is 29.0 Å². The minimum absolute atomic E-state index is 0.0165. The zero-order valence-corrected chi connectivity index (χ0v) is 12.6. The van der Waals surface area contributed by atoms with Crippen LogP contribution in [0.3, 0.4) is 0 Å². The monoisotopic (exact) mass is 297 g/mol. The quantitative estimate of drug-likeness (QED) is 0.596. The summed E-state index contributed by atoms with van der Waals surface area (Å²) in [6, 6.07) is 4.47. The lowest BCUT2D eigenvalue weighted by Gasteiger charge is -2.17. The first-order chi connectivity index (χ1) is 9.53. The third-order valence-electron chi connectivity index (χ3n) is 2.90. The maximum absolute atomic E-state index is 11.6. The van der Waals surface area contributed by atoms with E-state index in [1.54, 1.807) is 11.8 Å². The second-order valence-electron chi connectivity index (χ2n) is 4.27. The summed E-state index contributed by atoms with van der Waals surface area (Å²) in [7, 11) is 1.53. The fourth-order valence-corrected chi connectivity index (χ4v) is 2.50. The molecule has 0 aliphatic rings. The Balaban J connectivity index is 3.11. The molecule has 0 fully saturated rings. The van der Waals surface area contributed by atoms with Crippen molar-refractivity contribution in [2.45, 2.75) is 19.4 Å². The standard InChI is InChI=1S/C13H19N3O3S/c1-4-10(8-20-3)15-11-7-9(13(17)14-2)5-6-12(11)16(18)19/h5-7,10,15H,4,8H2,1-3H3,(H,14,17). The molecule has 1 amide bonds. The van der Waals surface area contributed by atoms with Gasteiger partial charge in [0.1, 0.15) is 5.69 Å². The van der Waals surface area contributed by atoms with Crippen LogP contribution in [-0.2, 0) is 0 Å². The Bertz CT molecular complexity index is 494.